The summed E-state index contributed by atoms with van der Waals surface area (Å²) in [7, 11) is 0. The van der Waals surface area contributed by atoms with Crippen LogP contribution in [0.2, 0.25) is 0 Å². The summed E-state index contributed by atoms with van der Waals surface area (Å²) >= 11 is 1.66. The number of aliphatic hydroxyl groups excluding tert-OH is 1. The Bertz CT molecular complexity index is 704. The van der Waals surface area contributed by atoms with Gasteiger partial charge < -0.3 is 13.1 Å². The molecule has 0 fully saturated rings. The van der Waals surface area contributed by atoms with Gasteiger partial charge in [-0.05, 0) is 48.2 Å². The van der Waals surface area contributed by atoms with Gasteiger partial charge in [0.25, 0.3) is 0 Å². The van der Waals surface area contributed by atoms with E-state index in [0.717, 1.165) is 35.3 Å². The lowest BCUT2D eigenvalue weighted by atomic mass is 10.1. The van der Waals surface area contributed by atoms with E-state index in [-0.39, 0.29) is 5.95 Å². The summed E-state index contributed by atoms with van der Waals surface area (Å²) in [4.78, 5) is 1.90. The summed E-state index contributed by atoms with van der Waals surface area (Å²) in [5.74, 6) is -0.157. The van der Waals surface area contributed by atoms with Gasteiger partial charge in [-0.1, -0.05) is 62.4 Å². The molecule has 1 N–H and O–H groups in total. The number of nitrogens with zero attached hydrogens (tertiary/aromatic N) is 1. The van der Waals surface area contributed by atoms with Crippen LogP contribution < -0.4 is 4.90 Å². The zero-order valence-electron chi connectivity index (χ0n) is 15.1. The predicted octanol–water partition coefficient (Wildman–Crippen LogP) is 7.39. The Morgan fingerprint density at radius 1 is 0.885 bits per heavy atom. The van der Waals surface area contributed by atoms with Crippen molar-refractivity contribution in [3.8, 4) is 0 Å². The molecule has 3 nitrogen and oxygen atoms in total. The van der Waals surface area contributed by atoms with Crippen molar-refractivity contribution in [2.24, 2.45) is 0 Å². The molecule has 0 radical (unpaired) electrons. The minimum Gasteiger partial charge on any atom is -0.479 e. The van der Waals surface area contributed by atoms with Crippen molar-refractivity contribution in [1.82, 2.24) is 0 Å². The molecule has 0 heterocycles. The maximum absolute atomic E-state index is 9.86. The molecule has 0 saturated heterocycles. The minimum absolute atomic E-state index is 0.157. The van der Waals surface area contributed by atoms with E-state index in [4.69, 9.17) is 3.07 Å². The fourth-order valence-electron chi connectivity index (χ4n) is 2.43. The van der Waals surface area contributed by atoms with Crippen molar-refractivity contribution in [3.05, 3.63) is 84.0 Å². The number of rotatable bonds is 8. The van der Waals surface area contributed by atoms with Crippen LogP contribution >= 0.6 is 23.0 Å². The van der Waals surface area contributed by atoms with Crippen molar-refractivity contribution in [2.75, 3.05) is 4.90 Å². The molecule has 0 aliphatic heterocycles. The highest BCUT2D eigenvalue weighted by molar-refractivity contribution is 14.1. The number of aliphatic hydroxyl groups is 1. The number of benzene rings is 2. The molecule has 0 amide bonds. The largest absolute Gasteiger partial charge is 0.479 e. The minimum atomic E-state index is -0.157. The van der Waals surface area contributed by atoms with Gasteiger partial charge in [0.1, 0.15) is 0 Å². The second-order valence-corrected chi connectivity index (χ2v) is 6.16. The highest BCUT2D eigenvalue weighted by Gasteiger charge is 2.09. The summed E-state index contributed by atoms with van der Waals surface area (Å²) in [6, 6.07) is 16.3. The van der Waals surface area contributed by atoms with Gasteiger partial charge in [0.05, 0.1) is 6.20 Å². The molecule has 136 valence electrons. The predicted molar refractivity (Wildman–Crippen MR) is 119 cm³/mol. The topological polar surface area (TPSA) is 32.7 Å². The molecule has 0 saturated carbocycles. The molecule has 2 aromatic carbocycles. The van der Waals surface area contributed by atoms with Crippen LogP contribution in [0.3, 0.4) is 0 Å². The third-order valence-electron chi connectivity index (χ3n) is 3.75. The highest BCUT2D eigenvalue weighted by atomic mass is 127. The number of halogens is 1. The molecule has 2 aromatic rings. The summed E-state index contributed by atoms with van der Waals surface area (Å²) in [6.45, 7) is 4.23. The first-order valence-corrected chi connectivity index (χ1v) is 9.57. The summed E-state index contributed by atoms with van der Waals surface area (Å²) < 4.78 is 4.90. The van der Waals surface area contributed by atoms with E-state index >= 15 is 0 Å². The first-order valence-electron chi connectivity index (χ1n) is 8.69. The normalized spacial score (nSPS) is 12.0. The third-order valence-corrected chi connectivity index (χ3v) is 4.20. The van der Waals surface area contributed by atoms with E-state index in [1.54, 1.807) is 29.2 Å². The second-order valence-electron chi connectivity index (χ2n) is 5.72. The van der Waals surface area contributed by atoms with Crippen molar-refractivity contribution in [3.63, 3.8) is 0 Å². The molecule has 26 heavy (non-hydrogen) atoms. The lowest BCUT2D eigenvalue weighted by Crippen LogP contribution is -2.10. The maximum Gasteiger partial charge on any atom is 0.303 e. The van der Waals surface area contributed by atoms with Crippen LogP contribution in [0.15, 0.2) is 72.8 Å². The van der Waals surface area contributed by atoms with Gasteiger partial charge in [-0.2, -0.15) is 0 Å². The highest BCUT2D eigenvalue weighted by Crippen LogP contribution is 2.28. The van der Waals surface area contributed by atoms with Gasteiger partial charge in [0.2, 0.25) is 0 Å². The molecule has 4 heteroatoms. The number of anilines is 2. The van der Waals surface area contributed by atoms with Crippen molar-refractivity contribution in [2.45, 2.75) is 26.7 Å². The fourth-order valence-corrected chi connectivity index (χ4v) is 2.54. The van der Waals surface area contributed by atoms with Crippen LogP contribution in [-0.2, 0) is 3.07 Å². The van der Waals surface area contributed by atoms with Crippen LogP contribution in [-0.4, -0.2) is 5.11 Å². The molecule has 0 aliphatic rings. The summed E-state index contributed by atoms with van der Waals surface area (Å²) in [5.41, 5.74) is 4.17. The molecule has 0 aromatic heterocycles. The summed E-state index contributed by atoms with van der Waals surface area (Å²) in [6.07, 6.45) is 12.1. The van der Waals surface area contributed by atoms with Crippen LogP contribution in [0, 0.1) is 0 Å². The van der Waals surface area contributed by atoms with Crippen LogP contribution in [0.25, 0.3) is 12.2 Å². The fraction of sp³-hybridized carbons (Fsp3) is 0.182. The quantitative estimate of drug-likeness (QED) is 0.329. The van der Waals surface area contributed by atoms with Crippen molar-refractivity contribution < 1.29 is 8.17 Å². The van der Waals surface area contributed by atoms with Crippen LogP contribution in [0.5, 0.6) is 0 Å². The van der Waals surface area contributed by atoms with Gasteiger partial charge in [-0.25, -0.2) is 0 Å². The smallest absolute Gasteiger partial charge is 0.303 e. The average Bonchev–Trinajstić information content (AvgIpc) is 2.69. The van der Waals surface area contributed by atoms with Crippen LogP contribution in [0.1, 0.15) is 37.8 Å². The zero-order chi connectivity index (χ0) is 18.8. The Morgan fingerprint density at radius 2 is 1.31 bits per heavy atom. The molecule has 0 atom stereocenters. The van der Waals surface area contributed by atoms with Crippen molar-refractivity contribution in [1.29, 1.82) is 0 Å². The lowest BCUT2D eigenvalue weighted by molar-refractivity contribution is 0.256. The van der Waals surface area contributed by atoms with Crippen LogP contribution in [0.4, 0.5) is 11.4 Å². The maximum atomic E-state index is 9.86. The number of hydrogen-bond donors (Lipinski definition) is 1. The second kappa shape index (κ2) is 10.7. The van der Waals surface area contributed by atoms with Gasteiger partial charge >= 0.3 is 5.95 Å². The van der Waals surface area contributed by atoms with Gasteiger partial charge in [0.15, 0.2) is 23.0 Å². The molecular weight excluding hydrogens is 437 g/mol. The van der Waals surface area contributed by atoms with E-state index < -0.39 is 0 Å². The SMILES string of the molecule is CC/C=C/c1ccc(N(/C=C(\O)OI)c2ccc(/C=C/CC)cc2)cc1. The van der Waals surface area contributed by atoms with Gasteiger partial charge in [0, 0.05) is 11.4 Å². The lowest BCUT2D eigenvalue weighted by Gasteiger charge is -2.21. The Kier molecular flexibility index (Phi) is 8.28. The monoisotopic (exact) mass is 461 g/mol. The molecule has 2 rings (SSSR count). The molecule has 0 spiro atoms. The molecule has 0 unspecified atom stereocenters. The van der Waals surface area contributed by atoms with Gasteiger partial charge in [-0.3, -0.25) is 0 Å². The third kappa shape index (κ3) is 5.95. The van der Waals surface area contributed by atoms with E-state index in [0.29, 0.717) is 0 Å². The first-order chi connectivity index (χ1) is 12.7. The standard InChI is InChI=1S/C22H24INO2/c1-3-5-7-18-9-13-20(14-10-18)24(17-22(25)26-23)21-15-11-19(12-16-21)8-6-4-2/h5-17,25H,3-4H2,1-2H3/b7-5+,8-6+,22-17+. The number of hydrogen-bond acceptors (Lipinski definition) is 3. The summed E-state index contributed by atoms with van der Waals surface area (Å²) in [5, 5.41) is 9.86. The Balaban J connectivity index is 2.34. The van der Waals surface area contributed by atoms with Gasteiger partial charge in [-0.15, -0.1) is 0 Å². The Labute approximate surface area is 170 Å². The molecular formula is C22H24INO2. The average molecular weight is 461 g/mol. The molecule has 0 aliphatic carbocycles. The van der Waals surface area contributed by atoms with Crippen molar-refractivity contribution >= 4 is 46.5 Å². The van der Waals surface area contributed by atoms with E-state index in [2.05, 4.69) is 62.4 Å². The Morgan fingerprint density at radius 3 is 1.65 bits per heavy atom. The first kappa shape index (κ1) is 20.1. The van der Waals surface area contributed by atoms with E-state index in [1.165, 1.54) is 0 Å². The molecule has 0 bridgehead atoms. The zero-order valence-corrected chi connectivity index (χ0v) is 17.3. The number of allylic oxidation sites excluding steroid dienone is 2. The van der Waals surface area contributed by atoms with E-state index in [1.807, 2.05) is 29.2 Å². The van der Waals surface area contributed by atoms with E-state index in [9.17, 15) is 5.11 Å². The Hall–Kier alpha value is -2.21.